The average molecular weight is 320 g/mol. The third kappa shape index (κ3) is 3.13. The Morgan fingerprint density at radius 3 is 2.10 bits per heavy atom. The van der Waals surface area contributed by atoms with E-state index >= 15 is 0 Å². The molecule has 2 aromatic carbocycles. The van der Waals surface area contributed by atoms with Gasteiger partial charge in [-0.3, -0.25) is 0 Å². The maximum Gasteiger partial charge on any atom is 0.417 e. The molecule has 0 aliphatic carbocycles. The summed E-state index contributed by atoms with van der Waals surface area (Å²) in [7, 11) is -1.72. The van der Waals surface area contributed by atoms with Gasteiger partial charge < -0.3 is 5.73 Å². The highest BCUT2D eigenvalue weighted by Crippen LogP contribution is 2.36. The fraction of sp³-hybridized carbons (Fsp3) is 0.0769. The van der Waals surface area contributed by atoms with E-state index in [-0.39, 0.29) is 4.90 Å². The molecule has 0 aliphatic rings. The molecular weight excluding hydrogens is 311 g/mol. The summed E-state index contributed by atoms with van der Waals surface area (Å²) < 4.78 is 50.5. The first-order valence-corrected chi connectivity index (χ1v) is 6.96. The molecule has 1 unspecified atom stereocenters. The van der Waals surface area contributed by atoms with Gasteiger partial charge in [0, 0.05) is 15.5 Å². The highest BCUT2D eigenvalue weighted by Gasteiger charge is 2.33. The van der Waals surface area contributed by atoms with Crippen LogP contribution in [-0.4, -0.2) is 4.21 Å². The van der Waals surface area contributed by atoms with Gasteiger partial charge in [-0.1, -0.05) is 11.6 Å². The second-order valence-electron chi connectivity index (χ2n) is 3.98. The molecule has 1 atom stereocenters. The maximum atomic E-state index is 12.7. The second-order valence-corrected chi connectivity index (χ2v) is 5.86. The number of hydrogen-bond donors (Lipinski definition) is 1. The van der Waals surface area contributed by atoms with Crippen molar-refractivity contribution in [2.24, 2.45) is 0 Å². The topological polar surface area (TPSA) is 43.1 Å². The zero-order valence-electron chi connectivity index (χ0n) is 9.95. The number of rotatable bonds is 2. The van der Waals surface area contributed by atoms with Crippen LogP contribution in [0, 0.1) is 0 Å². The van der Waals surface area contributed by atoms with Crippen LogP contribution in [0.1, 0.15) is 5.56 Å². The predicted molar refractivity (Wildman–Crippen MR) is 72.0 cm³/mol. The van der Waals surface area contributed by atoms with Crippen molar-refractivity contribution in [3.05, 3.63) is 53.1 Å². The number of halogens is 4. The van der Waals surface area contributed by atoms with Crippen molar-refractivity contribution in [1.29, 1.82) is 0 Å². The van der Waals surface area contributed by atoms with Gasteiger partial charge in [0.1, 0.15) is 0 Å². The lowest BCUT2D eigenvalue weighted by atomic mass is 10.2. The van der Waals surface area contributed by atoms with Gasteiger partial charge in [0.15, 0.2) is 0 Å². The van der Waals surface area contributed by atoms with Gasteiger partial charge in [-0.2, -0.15) is 13.2 Å². The lowest BCUT2D eigenvalue weighted by Crippen LogP contribution is -2.07. The van der Waals surface area contributed by atoms with Crippen LogP contribution in [-0.2, 0) is 17.0 Å². The normalized spacial score (nSPS) is 13.2. The summed E-state index contributed by atoms with van der Waals surface area (Å²) in [5, 5.41) is -0.421. The van der Waals surface area contributed by atoms with Crippen LogP contribution in [0.15, 0.2) is 52.3 Å². The van der Waals surface area contributed by atoms with E-state index in [4.69, 9.17) is 17.3 Å². The van der Waals surface area contributed by atoms with E-state index in [0.717, 1.165) is 12.1 Å². The summed E-state index contributed by atoms with van der Waals surface area (Å²) in [5.41, 5.74) is 4.99. The summed E-state index contributed by atoms with van der Waals surface area (Å²) in [5.74, 6) is 0. The Morgan fingerprint density at radius 2 is 1.55 bits per heavy atom. The first-order chi connectivity index (χ1) is 9.29. The van der Waals surface area contributed by atoms with Crippen LogP contribution >= 0.6 is 11.6 Å². The molecule has 0 aliphatic heterocycles. The van der Waals surface area contributed by atoms with Crippen molar-refractivity contribution >= 4 is 28.1 Å². The van der Waals surface area contributed by atoms with Crippen LogP contribution in [0.4, 0.5) is 18.9 Å². The first-order valence-electron chi connectivity index (χ1n) is 5.43. The Kier molecular flexibility index (Phi) is 4.06. The van der Waals surface area contributed by atoms with Gasteiger partial charge in [-0.25, -0.2) is 4.21 Å². The van der Waals surface area contributed by atoms with Crippen molar-refractivity contribution in [3.8, 4) is 0 Å². The molecule has 0 bridgehead atoms. The number of nitrogen functional groups attached to an aromatic ring is 1. The van der Waals surface area contributed by atoms with Crippen LogP contribution in [0.2, 0.25) is 5.02 Å². The van der Waals surface area contributed by atoms with Crippen molar-refractivity contribution in [2.75, 3.05) is 5.73 Å². The molecule has 0 spiro atoms. The fourth-order valence-electron chi connectivity index (χ4n) is 1.56. The Labute approximate surface area is 120 Å². The van der Waals surface area contributed by atoms with E-state index in [1.54, 1.807) is 0 Å². The molecule has 0 saturated heterocycles. The maximum absolute atomic E-state index is 12.7. The Balaban J connectivity index is 2.43. The van der Waals surface area contributed by atoms with Gasteiger partial charge in [-0.05, 0) is 42.5 Å². The van der Waals surface area contributed by atoms with Crippen LogP contribution in [0.25, 0.3) is 0 Å². The SMILES string of the molecule is Nc1ccc(S(=O)c2ccc(Cl)c(C(F)(F)F)c2)cc1. The van der Waals surface area contributed by atoms with Crippen LogP contribution in [0.3, 0.4) is 0 Å². The number of anilines is 1. The Morgan fingerprint density at radius 1 is 1.00 bits per heavy atom. The lowest BCUT2D eigenvalue weighted by Gasteiger charge is -2.11. The number of nitrogens with two attached hydrogens (primary N) is 1. The Bertz CT molecular complexity index is 656. The minimum Gasteiger partial charge on any atom is -0.399 e. The molecule has 0 saturated carbocycles. The van der Waals surface area contributed by atoms with Crippen LogP contribution < -0.4 is 5.73 Å². The lowest BCUT2D eigenvalue weighted by molar-refractivity contribution is -0.137. The fourth-order valence-corrected chi connectivity index (χ4v) is 2.86. The van der Waals surface area contributed by atoms with E-state index in [9.17, 15) is 17.4 Å². The zero-order valence-corrected chi connectivity index (χ0v) is 11.5. The van der Waals surface area contributed by atoms with E-state index < -0.39 is 27.6 Å². The molecule has 0 heterocycles. The molecule has 0 radical (unpaired) electrons. The standard InChI is InChI=1S/C13H9ClF3NOS/c14-12-6-5-10(7-11(12)13(15,16)17)20(19)9-3-1-8(18)2-4-9/h1-7H,18H2. The molecule has 0 aromatic heterocycles. The van der Waals surface area contributed by atoms with Gasteiger partial charge in [0.25, 0.3) is 0 Å². The van der Waals surface area contributed by atoms with Crippen LogP contribution in [0.5, 0.6) is 0 Å². The predicted octanol–water partition coefficient (Wildman–Crippen LogP) is 4.11. The highest BCUT2D eigenvalue weighted by atomic mass is 35.5. The van der Waals surface area contributed by atoms with Crippen molar-refractivity contribution in [2.45, 2.75) is 16.0 Å². The van der Waals surface area contributed by atoms with Gasteiger partial charge >= 0.3 is 6.18 Å². The van der Waals surface area contributed by atoms with Gasteiger partial charge in [0.2, 0.25) is 0 Å². The minimum atomic E-state index is -4.58. The molecule has 0 fully saturated rings. The summed E-state index contributed by atoms with van der Waals surface area (Å²) in [6, 6.07) is 9.29. The third-order valence-corrected chi connectivity index (χ3v) is 4.26. The van der Waals surface area contributed by atoms with Crippen molar-refractivity contribution in [1.82, 2.24) is 0 Å². The quantitative estimate of drug-likeness (QED) is 0.847. The molecule has 2 nitrogen and oxygen atoms in total. The number of benzene rings is 2. The first kappa shape index (κ1) is 14.9. The van der Waals surface area contributed by atoms with Crippen molar-refractivity contribution < 1.29 is 17.4 Å². The van der Waals surface area contributed by atoms with E-state index in [1.807, 2.05) is 0 Å². The average Bonchev–Trinajstić information content (AvgIpc) is 2.38. The molecule has 0 amide bonds. The van der Waals surface area contributed by atoms with Gasteiger partial charge in [-0.15, -0.1) is 0 Å². The van der Waals surface area contributed by atoms with E-state index in [2.05, 4.69) is 0 Å². The highest BCUT2D eigenvalue weighted by molar-refractivity contribution is 7.85. The molecule has 106 valence electrons. The van der Waals surface area contributed by atoms with E-state index in [1.165, 1.54) is 30.3 Å². The summed E-state index contributed by atoms with van der Waals surface area (Å²) in [4.78, 5) is 0.404. The van der Waals surface area contributed by atoms with Crippen molar-refractivity contribution in [3.63, 3.8) is 0 Å². The number of alkyl halides is 3. The minimum absolute atomic E-state index is 0.0338. The molecule has 2 N–H and O–H groups in total. The Hall–Kier alpha value is -1.53. The van der Waals surface area contributed by atoms with E-state index in [0.29, 0.717) is 10.6 Å². The molecule has 20 heavy (non-hydrogen) atoms. The van der Waals surface area contributed by atoms with Gasteiger partial charge in [0.05, 0.1) is 21.4 Å². The second kappa shape index (κ2) is 5.46. The monoisotopic (exact) mass is 319 g/mol. The zero-order chi connectivity index (χ0) is 14.9. The number of hydrogen-bond acceptors (Lipinski definition) is 2. The third-order valence-electron chi connectivity index (χ3n) is 2.55. The molecule has 2 rings (SSSR count). The summed E-state index contributed by atoms with van der Waals surface area (Å²) in [6.45, 7) is 0. The summed E-state index contributed by atoms with van der Waals surface area (Å²) >= 11 is 5.52. The smallest absolute Gasteiger partial charge is 0.399 e. The largest absolute Gasteiger partial charge is 0.417 e. The molecule has 2 aromatic rings. The summed E-state index contributed by atoms with van der Waals surface area (Å²) in [6.07, 6.45) is -4.58. The molecule has 7 heteroatoms. The molecular formula is C13H9ClF3NOS.